The first-order valence-electron chi connectivity index (χ1n) is 11.4. The molecule has 0 aliphatic heterocycles. The maximum Gasteiger partial charge on any atom is 0.340 e. The van der Waals surface area contributed by atoms with Gasteiger partial charge < -0.3 is 34.7 Å². The Morgan fingerprint density at radius 3 is 2.65 bits per heavy atom. The molecule has 3 aromatic rings. The zero-order chi connectivity index (χ0) is 26.5. The van der Waals surface area contributed by atoms with Gasteiger partial charge in [0, 0.05) is 5.92 Å². The van der Waals surface area contributed by atoms with Crippen LogP contribution >= 0.6 is 26.8 Å². The first-order valence-corrected chi connectivity index (χ1v) is 15.4. The number of nitrogens with one attached hydrogen (secondary N) is 1. The Hall–Kier alpha value is -1.99. The van der Waals surface area contributed by atoms with Gasteiger partial charge in [-0.15, -0.1) is 5.10 Å². The van der Waals surface area contributed by atoms with Crippen LogP contribution in [0.2, 0.25) is 5.28 Å². The van der Waals surface area contributed by atoms with Crippen molar-refractivity contribution in [3.8, 4) is 0 Å². The molecule has 0 amide bonds. The van der Waals surface area contributed by atoms with Crippen molar-refractivity contribution in [2.45, 2.75) is 43.6 Å². The Balaban J connectivity index is 1.37. The van der Waals surface area contributed by atoms with Crippen LogP contribution in [0.4, 0.5) is 5.82 Å². The summed E-state index contributed by atoms with van der Waals surface area (Å²) < 4.78 is 29.2. The molecule has 1 unspecified atom stereocenters. The Labute approximate surface area is 215 Å². The summed E-state index contributed by atoms with van der Waals surface area (Å²) in [6.45, 7) is -0.515. The number of hydrogen-bond donors (Lipinski definition) is 6. The van der Waals surface area contributed by atoms with E-state index < -0.39 is 51.9 Å². The van der Waals surface area contributed by atoms with Crippen molar-refractivity contribution in [1.82, 2.24) is 25.0 Å². The minimum atomic E-state index is -4.80. The lowest BCUT2D eigenvalue weighted by molar-refractivity contribution is -0.00362. The maximum atomic E-state index is 12.0. The van der Waals surface area contributed by atoms with Gasteiger partial charge in [-0.05, 0) is 42.0 Å². The van der Waals surface area contributed by atoms with Crippen LogP contribution in [-0.4, -0.2) is 74.6 Å². The van der Waals surface area contributed by atoms with E-state index in [4.69, 9.17) is 25.9 Å². The average molecular weight is 575 g/mol. The molecular weight excluding hydrogens is 550 g/mol. The molecule has 1 fully saturated rings. The van der Waals surface area contributed by atoms with Crippen molar-refractivity contribution in [3.63, 3.8) is 0 Å². The van der Waals surface area contributed by atoms with Crippen molar-refractivity contribution in [2.24, 2.45) is 5.92 Å². The molecule has 1 saturated carbocycles. The van der Waals surface area contributed by atoms with E-state index in [2.05, 4.69) is 31.7 Å². The van der Waals surface area contributed by atoms with Gasteiger partial charge in [-0.2, -0.15) is 9.97 Å². The zero-order valence-electron chi connectivity index (χ0n) is 19.2. The minimum Gasteiger partial charge on any atom is -0.390 e. The maximum absolute atomic E-state index is 12.0. The molecule has 5 rings (SSSR count). The molecule has 0 radical (unpaired) electrons. The number of halogens is 1. The van der Waals surface area contributed by atoms with Gasteiger partial charge in [-0.25, -0.2) is 4.68 Å². The average Bonchev–Trinajstić information content (AvgIpc) is 3.48. The van der Waals surface area contributed by atoms with E-state index in [0.717, 1.165) is 18.4 Å². The highest BCUT2D eigenvalue weighted by Gasteiger charge is 2.45. The highest BCUT2D eigenvalue weighted by atomic mass is 35.5. The minimum absolute atomic E-state index is 0.0155. The fourth-order valence-corrected chi connectivity index (χ4v) is 7.77. The molecule has 37 heavy (non-hydrogen) atoms. The molecular formula is C20H25ClN6O8P2. The van der Waals surface area contributed by atoms with Gasteiger partial charge in [0.1, 0.15) is 6.10 Å². The molecule has 14 nitrogen and oxygen atoms in total. The SMILES string of the molecule is O=P(O)(O)CP(=O)(O)OC[C@H]1C[C@@H](n2nnc3c(N[C@H]4CCc5ccccc54)nc(Cl)nc32)[C@H](O)[C@@H]1O. The highest BCUT2D eigenvalue weighted by Crippen LogP contribution is 2.56. The summed E-state index contributed by atoms with van der Waals surface area (Å²) in [6.07, 6.45) is -0.915. The van der Waals surface area contributed by atoms with Crippen LogP contribution in [0.15, 0.2) is 24.3 Å². The number of anilines is 1. The molecule has 200 valence electrons. The highest BCUT2D eigenvalue weighted by molar-refractivity contribution is 7.70. The van der Waals surface area contributed by atoms with Crippen LogP contribution in [-0.2, 0) is 20.1 Å². The van der Waals surface area contributed by atoms with E-state index in [-0.39, 0.29) is 23.4 Å². The standard InChI is InChI=1S/C20H25ClN6O8P2/c21-20-23-18(22-13-6-5-10-3-1-2-4-12(10)13)15-19(24-20)27(26-25-15)14-7-11(16(28)17(14)29)8-35-37(33,34)9-36(30,31)32/h1-4,11,13-14,16-17,28-29H,5-9H2,(H,33,34)(H,22,23,24)(H2,30,31,32)/t11-,13+,14-,16-,17+/m1/s1. The Morgan fingerprint density at radius 2 is 1.89 bits per heavy atom. The number of aliphatic hydroxyl groups excluding tert-OH is 2. The predicted molar refractivity (Wildman–Crippen MR) is 131 cm³/mol. The van der Waals surface area contributed by atoms with Gasteiger partial charge in [0.2, 0.25) is 5.28 Å². The lowest BCUT2D eigenvalue weighted by Gasteiger charge is -2.19. The summed E-state index contributed by atoms with van der Waals surface area (Å²) in [5, 5.41) is 32.8. The van der Waals surface area contributed by atoms with Crippen molar-refractivity contribution in [1.29, 1.82) is 0 Å². The fourth-order valence-electron chi connectivity index (χ4n) is 4.99. The zero-order valence-corrected chi connectivity index (χ0v) is 21.7. The Morgan fingerprint density at radius 1 is 1.14 bits per heavy atom. The number of benzene rings is 1. The number of aromatic nitrogens is 5. The molecule has 17 heteroatoms. The summed E-state index contributed by atoms with van der Waals surface area (Å²) in [7, 11) is -9.42. The molecule has 2 heterocycles. The van der Waals surface area contributed by atoms with Gasteiger partial charge in [-0.3, -0.25) is 9.13 Å². The van der Waals surface area contributed by atoms with Crippen molar-refractivity contribution in [2.75, 3.05) is 17.8 Å². The summed E-state index contributed by atoms with van der Waals surface area (Å²) >= 11 is 6.21. The van der Waals surface area contributed by atoms with Crippen molar-refractivity contribution >= 4 is 43.8 Å². The predicted octanol–water partition coefficient (Wildman–Crippen LogP) is 1.59. The lowest BCUT2D eigenvalue weighted by Crippen LogP contribution is -2.31. The van der Waals surface area contributed by atoms with Crippen LogP contribution in [0, 0.1) is 5.92 Å². The molecule has 6 atom stereocenters. The van der Waals surface area contributed by atoms with E-state index >= 15 is 0 Å². The Bertz CT molecular complexity index is 1420. The van der Waals surface area contributed by atoms with Gasteiger partial charge in [0.25, 0.3) is 0 Å². The monoisotopic (exact) mass is 574 g/mol. The van der Waals surface area contributed by atoms with E-state index in [1.165, 1.54) is 10.2 Å². The van der Waals surface area contributed by atoms with Gasteiger partial charge in [0.05, 0.1) is 24.8 Å². The quantitative estimate of drug-likeness (QED) is 0.167. The first kappa shape index (κ1) is 26.6. The molecule has 6 N–H and O–H groups in total. The smallest absolute Gasteiger partial charge is 0.340 e. The van der Waals surface area contributed by atoms with Crippen LogP contribution in [0.3, 0.4) is 0 Å². The fraction of sp³-hybridized carbons (Fsp3) is 0.500. The van der Waals surface area contributed by atoms with E-state index in [9.17, 15) is 24.2 Å². The molecule has 2 aliphatic rings. The van der Waals surface area contributed by atoms with Gasteiger partial charge in [-0.1, -0.05) is 29.5 Å². The van der Waals surface area contributed by atoms with E-state index in [0.29, 0.717) is 11.3 Å². The number of aryl methyl sites for hydroxylation is 1. The molecule has 0 spiro atoms. The topological polar surface area (TPSA) is 213 Å². The van der Waals surface area contributed by atoms with E-state index in [1.54, 1.807) is 0 Å². The third kappa shape index (κ3) is 5.58. The Kier molecular flexibility index (Phi) is 7.16. The molecule has 0 bridgehead atoms. The number of nitrogens with zero attached hydrogens (tertiary/aromatic N) is 5. The van der Waals surface area contributed by atoms with Crippen LogP contribution in [0.25, 0.3) is 11.2 Å². The molecule has 1 aromatic carbocycles. The van der Waals surface area contributed by atoms with E-state index in [1.807, 2.05) is 18.2 Å². The summed E-state index contributed by atoms with van der Waals surface area (Å²) in [5.74, 6) is -1.81. The third-order valence-electron chi connectivity index (χ3n) is 6.68. The summed E-state index contributed by atoms with van der Waals surface area (Å²) in [4.78, 5) is 36.1. The van der Waals surface area contributed by atoms with Crippen molar-refractivity contribution in [3.05, 3.63) is 40.7 Å². The van der Waals surface area contributed by atoms with Crippen molar-refractivity contribution < 1.29 is 38.5 Å². The second-order valence-electron chi connectivity index (χ2n) is 9.27. The van der Waals surface area contributed by atoms with Gasteiger partial charge >= 0.3 is 15.2 Å². The number of rotatable bonds is 8. The summed E-state index contributed by atoms with van der Waals surface area (Å²) in [6, 6.07) is 7.22. The molecule has 2 aromatic heterocycles. The number of aliphatic hydroxyl groups is 2. The number of hydrogen-bond acceptors (Lipinski definition) is 10. The van der Waals surface area contributed by atoms with Crippen LogP contribution in [0.5, 0.6) is 0 Å². The lowest BCUT2D eigenvalue weighted by atomic mass is 10.1. The van der Waals surface area contributed by atoms with Crippen LogP contribution in [0.1, 0.15) is 36.1 Å². The second kappa shape index (κ2) is 9.96. The number of fused-ring (bicyclic) bond motifs is 2. The normalized spacial score (nSPS) is 27.4. The molecule has 0 saturated heterocycles. The second-order valence-corrected chi connectivity index (χ2v) is 13.6. The first-order chi connectivity index (χ1) is 17.4. The largest absolute Gasteiger partial charge is 0.390 e. The summed E-state index contributed by atoms with van der Waals surface area (Å²) in [5.41, 5.74) is 2.93. The molecule has 2 aliphatic carbocycles. The van der Waals surface area contributed by atoms with Gasteiger partial charge in [0.15, 0.2) is 22.9 Å². The third-order valence-corrected chi connectivity index (χ3v) is 10.3. The van der Waals surface area contributed by atoms with Crippen LogP contribution < -0.4 is 5.32 Å².